The number of alkyl halides is 3. The van der Waals surface area contributed by atoms with Crippen LogP contribution in [0.1, 0.15) is 52.2 Å². The standard InChI is InChI=1S/C20H26F3NO6S/c1-13-12-24(17(25)29-18(2,3)4)10-9-19(13)11-16(30-31(26,27)20(21,22)23)14-7-5-6-8-15(14)28-19/h5-8,13,16H,9-12H2,1-4H3. The summed E-state index contributed by atoms with van der Waals surface area (Å²) in [5.74, 6) is -0.0458. The fourth-order valence-corrected chi connectivity index (χ4v) is 4.51. The number of piperidine rings is 1. The number of carbonyl (C=O) groups is 1. The monoisotopic (exact) mass is 465 g/mol. The molecule has 0 N–H and O–H groups in total. The summed E-state index contributed by atoms with van der Waals surface area (Å²) in [4.78, 5) is 13.9. The van der Waals surface area contributed by atoms with Crippen molar-refractivity contribution in [1.29, 1.82) is 0 Å². The average Bonchev–Trinajstić information content (AvgIpc) is 2.61. The van der Waals surface area contributed by atoms with Crippen molar-refractivity contribution >= 4 is 16.2 Å². The topological polar surface area (TPSA) is 82.1 Å². The molecule has 0 saturated carbocycles. The Kier molecular flexibility index (Phi) is 5.98. The lowest BCUT2D eigenvalue weighted by Crippen LogP contribution is -2.58. The molecule has 1 fully saturated rings. The number of carbonyl (C=O) groups excluding carboxylic acids is 1. The average molecular weight is 465 g/mol. The van der Waals surface area contributed by atoms with E-state index in [0.29, 0.717) is 0 Å². The smallest absolute Gasteiger partial charge is 0.486 e. The summed E-state index contributed by atoms with van der Waals surface area (Å²) < 4.78 is 78.5. The second kappa shape index (κ2) is 7.84. The Hall–Kier alpha value is -2.01. The van der Waals surface area contributed by atoms with Crippen LogP contribution in [0.15, 0.2) is 24.3 Å². The summed E-state index contributed by atoms with van der Waals surface area (Å²) in [7, 11) is -5.80. The molecule has 0 aliphatic carbocycles. The molecule has 1 spiro atoms. The minimum atomic E-state index is -5.80. The van der Waals surface area contributed by atoms with Crippen LogP contribution in [0, 0.1) is 5.92 Å². The van der Waals surface area contributed by atoms with Gasteiger partial charge in [0, 0.05) is 37.4 Å². The summed E-state index contributed by atoms with van der Waals surface area (Å²) in [5.41, 5.74) is -6.94. The molecule has 0 radical (unpaired) electrons. The summed E-state index contributed by atoms with van der Waals surface area (Å²) >= 11 is 0. The molecular weight excluding hydrogens is 439 g/mol. The number of para-hydroxylation sites is 1. The third kappa shape index (κ3) is 4.92. The molecule has 1 aromatic carbocycles. The van der Waals surface area contributed by atoms with E-state index < -0.39 is 39.0 Å². The predicted octanol–water partition coefficient (Wildman–Crippen LogP) is 4.39. The first kappa shape index (κ1) is 23.6. The molecule has 31 heavy (non-hydrogen) atoms. The van der Waals surface area contributed by atoms with Gasteiger partial charge in [0.1, 0.15) is 23.1 Å². The Morgan fingerprint density at radius 1 is 1.23 bits per heavy atom. The van der Waals surface area contributed by atoms with Gasteiger partial charge in [-0.15, -0.1) is 0 Å². The van der Waals surface area contributed by atoms with Gasteiger partial charge in [-0.3, -0.25) is 4.18 Å². The van der Waals surface area contributed by atoms with E-state index in [0.717, 1.165) is 0 Å². The molecular formula is C20H26F3NO6S. The van der Waals surface area contributed by atoms with Crippen LogP contribution in [0.3, 0.4) is 0 Å². The Bertz CT molecular complexity index is 943. The number of nitrogens with zero attached hydrogens (tertiary/aromatic N) is 1. The van der Waals surface area contributed by atoms with Gasteiger partial charge >= 0.3 is 21.7 Å². The van der Waals surface area contributed by atoms with E-state index in [1.807, 2.05) is 0 Å². The van der Waals surface area contributed by atoms with Crippen molar-refractivity contribution in [1.82, 2.24) is 4.90 Å². The number of hydrogen-bond donors (Lipinski definition) is 0. The highest BCUT2D eigenvalue weighted by Crippen LogP contribution is 2.49. The number of rotatable bonds is 2. The Morgan fingerprint density at radius 3 is 2.45 bits per heavy atom. The van der Waals surface area contributed by atoms with Crippen LogP contribution in [0.2, 0.25) is 0 Å². The van der Waals surface area contributed by atoms with E-state index in [1.54, 1.807) is 45.9 Å². The van der Waals surface area contributed by atoms with Gasteiger partial charge in [-0.2, -0.15) is 21.6 Å². The summed E-state index contributed by atoms with van der Waals surface area (Å²) in [6.07, 6.45) is -1.65. The van der Waals surface area contributed by atoms with Crippen molar-refractivity contribution in [3.05, 3.63) is 29.8 Å². The molecule has 2 aliphatic heterocycles. The second-order valence-electron chi connectivity index (χ2n) is 8.97. The van der Waals surface area contributed by atoms with E-state index in [1.165, 1.54) is 11.0 Å². The SMILES string of the molecule is CC1CN(C(=O)OC(C)(C)C)CCC12CC(OS(=O)(=O)C(F)(F)F)c1ccccc1O2. The van der Waals surface area contributed by atoms with Gasteiger partial charge in [0.2, 0.25) is 0 Å². The zero-order chi connectivity index (χ0) is 23.2. The van der Waals surface area contributed by atoms with Crippen LogP contribution in [0.5, 0.6) is 5.75 Å². The second-order valence-corrected chi connectivity index (χ2v) is 10.5. The molecule has 1 amide bonds. The van der Waals surface area contributed by atoms with E-state index in [-0.39, 0.29) is 43.2 Å². The first-order chi connectivity index (χ1) is 14.1. The zero-order valence-electron chi connectivity index (χ0n) is 17.7. The maximum Gasteiger partial charge on any atom is 0.523 e. The number of ether oxygens (including phenoxy) is 2. The lowest BCUT2D eigenvalue weighted by atomic mass is 9.75. The quantitative estimate of drug-likeness (QED) is 0.476. The lowest BCUT2D eigenvalue weighted by Gasteiger charge is -2.50. The Balaban J connectivity index is 1.86. The summed E-state index contributed by atoms with van der Waals surface area (Å²) in [6.45, 7) is 7.56. The van der Waals surface area contributed by atoms with E-state index in [9.17, 15) is 26.4 Å². The summed E-state index contributed by atoms with van der Waals surface area (Å²) in [5, 5.41) is 0. The van der Waals surface area contributed by atoms with Crippen LogP contribution in [-0.2, 0) is 19.0 Å². The molecule has 2 heterocycles. The fourth-order valence-electron chi connectivity index (χ4n) is 3.92. The molecule has 7 nitrogen and oxygen atoms in total. The predicted molar refractivity (Wildman–Crippen MR) is 105 cm³/mol. The maximum absolute atomic E-state index is 12.9. The van der Waals surface area contributed by atoms with Gasteiger partial charge in [-0.25, -0.2) is 4.79 Å². The molecule has 2 aliphatic rings. The molecule has 174 valence electrons. The molecule has 11 heteroatoms. The molecule has 3 rings (SSSR count). The third-order valence-corrected chi connectivity index (χ3v) is 6.54. The van der Waals surface area contributed by atoms with Crippen LogP contribution >= 0.6 is 0 Å². The minimum Gasteiger partial charge on any atom is -0.486 e. The third-order valence-electron chi connectivity index (χ3n) is 5.49. The number of halogens is 3. The van der Waals surface area contributed by atoms with E-state index in [2.05, 4.69) is 4.18 Å². The van der Waals surface area contributed by atoms with Crippen molar-refractivity contribution in [2.24, 2.45) is 5.92 Å². The van der Waals surface area contributed by atoms with Crippen molar-refractivity contribution in [3.8, 4) is 5.75 Å². The van der Waals surface area contributed by atoms with E-state index in [4.69, 9.17) is 9.47 Å². The molecule has 3 unspecified atom stereocenters. The normalized spacial score (nSPS) is 26.9. The molecule has 1 aromatic rings. The number of fused-ring (bicyclic) bond motifs is 1. The minimum absolute atomic E-state index is 0.0946. The Labute approximate surface area is 179 Å². The molecule has 1 saturated heterocycles. The van der Waals surface area contributed by atoms with Crippen molar-refractivity contribution < 1.29 is 40.0 Å². The highest BCUT2D eigenvalue weighted by atomic mass is 32.2. The first-order valence-corrected chi connectivity index (χ1v) is 11.3. The van der Waals surface area contributed by atoms with E-state index >= 15 is 0 Å². The van der Waals surface area contributed by atoms with Crippen molar-refractivity contribution in [3.63, 3.8) is 0 Å². The number of amides is 1. The van der Waals surface area contributed by atoms with Crippen molar-refractivity contribution in [2.45, 2.75) is 63.4 Å². The highest BCUT2D eigenvalue weighted by Gasteiger charge is 2.54. The van der Waals surface area contributed by atoms with Gasteiger partial charge < -0.3 is 14.4 Å². The van der Waals surface area contributed by atoms with Crippen molar-refractivity contribution in [2.75, 3.05) is 13.1 Å². The first-order valence-electron chi connectivity index (χ1n) is 9.89. The Morgan fingerprint density at radius 2 is 1.87 bits per heavy atom. The van der Waals surface area contributed by atoms with Gasteiger partial charge in [-0.1, -0.05) is 25.1 Å². The van der Waals surface area contributed by atoms with Gasteiger partial charge in [-0.05, 0) is 26.8 Å². The highest BCUT2D eigenvalue weighted by molar-refractivity contribution is 7.87. The van der Waals surface area contributed by atoms with Crippen LogP contribution in [0.4, 0.5) is 18.0 Å². The number of likely N-dealkylation sites (tertiary alicyclic amines) is 1. The zero-order valence-corrected chi connectivity index (χ0v) is 18.5. The molecule has 3 atom stereocenters. The van der Waals surface area contributed by atoms with Crippen LogP contribution in [0.25, 0.3) is 0 Å². The number of benzene rings is 1. The van der Waals surface area contributed by atoms with Crippen LogP contribution < -0.4 is 4.74 Å². The molecule has 0 aromatic heterocycles. The largest absolute Gasteiger partial charge is 0.523 e. The van der Waals surface area contributed by atoms with Gasteiger partial charge in [0.05, 0.1) is 0 Å². The fraction of sp³-hybridized carbons (Fsp3) is 0.650. The maximum atomic E-state index is 12.9. The van der Waals surface area contributed by atoms with Gasteiger partial charge in [0.25, 0.3) is 0 Å². The number of hydrogen-bond acceptors (Lipinski definition) is 6. The van der Waals surface area contributed by atoms with Gasteiger partial charge in [0.15, 0.2) is 0 Å². The lowest BCUT2D eigenvalue weighted by molar-refractivity contribution is -0.0927. The summed E-state index contributed by atoms with van der Waals surface area (Å²) in [6, 6.07) is 6.28. The molecule has 0 bridgehead atoms. The van der Waals surface area contributed by atoms with Crippen LogP contribution in [-0.4, -0.2) is 49.2 Å².